The third-order valence-electron chi connectivity index (χ3n) is 5.02. The van der Waals surface area contributed by atoms with Gasteiger partial charge in [-0.2, -0.15) is 0 Å². The summed E-state index contributed by atoms with van der Waals surface area (Å²) in [7, 11) is 3.07. The van der Waals surface area contributed by atoms with Crippen molar-refractivity contribution >= 4 is 17.8 Å². The lowest BCUT2D eigenvalue weighted by Gasteiger charge is -2.31. The first kappa shape index (κ1) is 21.3. The van der Waals surface area contributed by atoms with Gasteiger partial charge in [0.05, 0.1) is 19.9 Å². The number of amides is 3. The van der Waals surface area contributed by atoms with Crippen LogP contribution in [0.1, 0.15) is 12.8 Å². The van der Waals surface area contributed by atoms with E-state index in [1.165, 1.54) is 7.11 Å². The Hall–Kier alpha value is -3.42. The maximum Gasteiger partial charge on any atom is 0.415 e. The number of carbonyl (C=O) groups is 2. The number of anilines is 1. The van der Waals surface area contributed by atoms with E-state index in [1.54, 1.807) is 42.3 Å². The Morgan fingerprint density at radius 2 is 1.73 bits per heavy atom. The van der Waals surface area contributed by atoms with Gasteiger partial charge in [-0.05, 0) is 43.0 Å². The maximum atomic E-state index is 12.3. The Morgan fingerprint density at radius 1 is 1.00 bits per heavy atom. The van der Waals surface area contributed by atoms with Crippen LogP contribution in [0.2, 0.25) is 0 Å². The van der Waals surface area contributed by atoms with E-state index in [2.05, 4.69) is 10.6 Å². The summed E-state index contributed by atoms with van der Waals surface area (Å²) < 4.78 is 15.9. The molecule has 1 aliphatic rings. The number of hydrogen-bond donors (Lipinski definition) is 2. The summed E-state index contributed by atoms with van der Waals surface area (Å²) in [4.78, 5) is 26.3. The molecule has 3 rings (SSSR count). The monoisotopic (exact) mass is 413 g/mol. The molecule has 3 amide bonds. The van der Waals surface area contributed by atoms with Gasteiger partial charge in [-0.3, -0.25) is 0 Å². The van der Waals surface area contributed by atoms with Crippen LogP contribution >= 0.6 is 0 Å². The van der Waals surface area contributed by atoms with Crippen molar-refractivity contribution < 1.29 is 23.8 Å². The third-order valence-corrected chi connectivity index (χ3v) is 5.02. The number of nitrogens with zero attached hydrogens (tertiary/aromatic N) is 1. The van der Waals surface area contributed by atoms with Gasteiger partial charge in [-0.15, -0.1) is 0 Å². The fourth-order valence-corrected chi connectivity index (χ4v) is 3.36. The number of ether oxygens (including phenoxy) is 3. The second kappa shape index (κ2) is 10.4. The molecule has 30 heavy (non-hydrogen) atoms. The largest absolute Gasteiger partial charge is 0.493 e. The van der Waals surface area contributed by atoms with Gasteiger partial charge in [0, 0.05) is 19.6 Å². The smallest absolute Gasteiger partial charge is 0.415 e. The van der Waals surface area contributed by atoms with E-state index < -0.39 is 0 Å². The van der Waals surface area contributed by atoms with Crippen molar-refractivity contribution in [2.45, 2.75) is 12.8 Å². The number of nitrogens with one attached hydrogen (secondary N) is 2. The Bertz CT molecular complexity index is 851. The number of hydrogen-bond acceptors (Lipinski definition) is 5. The lowest BCUT2D eigenvalue weighted by atomic mass is 9.97. The zero-order valence-corrected chi connectivity index (χ0v) is 17.2. The molecule has 0 saturated carbocycles. The van der Waals surface area contributed by atoms with Gasteiger partial charge in [0.25, 0.3) is 0 Å². The predicted molar refractivity (Wildman–Crippen MR) is 113 cm³/mol. The zero-order chi connectivity index (χ0) is 21.3. The molecule has 160 valence electrons. The molecule has 0 bridgehead atoms. The number of piperidine rings is 1. The number of benzene rings is 2. The Kier molecular flexibility index (Phi) is 7.37. The highest BCUT2D eigenvalue weighted by Gasteiger charge is 2.24. The topological polar surface area (TPSA) is 89.1 Å². The van der Waals surface area contributed by atoms with Gasteiger partial charge in [0.15, 0.2) is 11.5 Å². The molecular formula is C22H27N3O5. The molecular weight excluding hydrogens is 386 g/mol. The number of rotatable bonds is 6. The molecule has 2 aromatic carbocycles. The van der Waals surface area contributed by atoms with Gasteiger partial charge < -0.3 is 29.7 Å². The molecule has 1 aliphatic heterocycles. The van der Waals surface area contributed by atoms with Gasteiger partial charge in [-0.1, -0.05) is 24.3 Å². The van der Waals surface area contributed by atoms with Crippen LogP contribution in [0.3, 0.4) is 0 Å². The van der Waals surface area contributed by atoms with Crippen LogP contribution in [0.4, 0.5) is 15.3 Å². The molecule has 0 aliphatic carbocycles. The van der Waals surface area contributed by atoms with Crippen LogP contribution in [0.5, 0.6) is 17.2 Å². The summed E-state index contributed by atoms with van der Waals surface area (Å²) in [5.74, 6) is 1.85. The number of urea groups is 1. The van der Waals surface area contributed by atoms with Crippen molar-refractivity contribution in [2.24, 2.45) is 5.92 Å². The van der Waals surface area contributed by atoms with Gasteiger partial charge in [0.2, 0.25) is 0 Å². The van der Waals surface area contributed by atoms with Crippen LogP contribution in [-0.2, 0) is 0 Å². The molecule has 1 saturated heterocycles. The number of carbonyl (C=O) groups excluding carboxylic acids is 2. The lowest BCUT2D eigenvalue weighted by molar-refractivity contribution is 0.130. The summed E-state index contributed by atoms with van der Waals surface area (Å²) in [6.45, 7) is 1.73. The molecule has 8 heteroatoms. The van der Waals surface area contributed by atoms with E-state index in [-0.39, 0.29) is 12.1 Å². The van der Waals surface area contributed by atoms with E-state index in [4.69, 9.17) is 14.2 Å². The van der Waals surface area contributed by atoms with Gasteiger partial charge in [0.1, 0.15) is 5.75 Å². The Morgan fingerprint density at radius 3 is 2.40 bits per heavy atom. The average Bonchev–Trinajstić information content (AvgIpc) is 2.78. The molecule has 0 atom stereocenters. The molecule has 0 radical (unpaired) electrons. The molecule has 1 fully saturated rings. The SMILES string of the molecule is COc1cccc(NC(=O)NCC2CCN(C(=O)Oc3ccccc3)CC2)c1OC. The number of para-hydroxylation sites is 2. The van der Waals surface area contributed by atoms with Crippen LogP contribution < -0.4 is 24.8 Å². The van der Waals surface area contributed by atoms with Crippen LogP contribution in [0.25, 0.3) is 0 Å². The first-order valence-corrected chi connectivity index (χ1v) is 9.88. The summed E-state index contributed by atoms with van der Waals surface area (Å²) in [6.07, 6.45) is 1.26. The molecule has 0 spiro atoms. The first-order chi connectivity index (χ1) is 14.6. The van der Waals surface area contributed by atoms with Crippen LogP contribution in [0, 0.1) is 5.92 Å². The minimum absolute atomic E-state index is 0.295. The van der Waals surface area contributed by atoms with Crippen molar-refractivity contribution in [3.05, 3.63) is 48.5 Å². The fourth-order valence-electron chi connectivity index (χ4n) is 3.36. The summed E-state index contributed by atoms with van der Waals surface area (Å²) in [6, 6.07) is 14.0. The van der Waals surface area contributed by atoms with Crippen molar-refractivity contribution in [1.29, 1.82) is 0 Å². The van der Waals surface area contributed by atoms with Crippen molar-refractivity contribution in [2.75, 3.05) is 39.2 Å². The minimum atomic E-state index is -0.338. The van der Waals surface area contributed by atoms with Crippen LogP contribution in [-0.4, -0.2) is 50.9 Å². The number of likely N-dealkylation sites (tertiary alicyclic amines) is 1. The average molecular weight is 413 g/mol. The molecule has 0 unspecified atom stereocenters. The van der Waals surface area contributed by atoms with E-state index in [0.29, 0.717) is 48.5 Å². The molecule has 8 nitrogen and oxygen atoms in total. The Labute approximate surface area is 176 Å². The molecule has 2 aromatic rings. The van der Waals surface area contributed by atoms with Gasteiger partial charge in [-0.25, -0.2) is 9.59 Å². The maximum absolute atomic E-state index is 12.3. The van der Waals surface area contributed by atoms with Crippen molar-refractivity contribution in [1.82, 2.24) is 10.2 Å². The molecule has 1 heterocycles. The van der Waals surface area contributed by atoms with E-state index in [9.17, 15) is 9.59 Å². The highest BCUT2D eigenvalue weighted by molar-refractivity contribution is 5.91. The quantitative estimate of drug-likeness (QED) is 0.753. The molecule has 0 aromatic heterocycles. The second-order valence-electron chi connectivity index (χ2n) is 6.99. The Balaban J connectivity index is 1.42. The van der Waals surface area contributed by atoms with E-state index >= 15 is 0 Å². The standard InChI is InChI=1S/C22H27N3O5/c1-28-19-10-6-9-18(20(19)29-2)24-21(26)23-15-16-11-13-25(14-12-16)22(27)30-17-7-4-3-5-8-17/h3-10,16H,11-15H2,1-2H3,(H2,23,24,26). The summed E-state index contributed by atoms with van der Waals surface area (Å²) in [5, 5.41) is 5.68. The normalized spacial score (nSPS) is 14.0. The van der Waals surface area contributed by atoms with E-state index in [1.807, 2.05) is 18.2 Å². The minimum Gasteiger partial charge on any atom is -0.493 e. The summed E-state index contributed by atoms with van der Waals surface area (Å²) in [5.41, 5.74) is 0.535. The van der Waals surface area contributed by atoms with Crippen LogP contribution in [0.15, 0.2) is 48.5 Å². The molecule has 2 N–H and O–H groups in total. The van der Waals surface area contributed by atoms with Crippen molar-refractivity contribution in [3.63, 3.8) is 0 Å². The fraction of sp³-hybridized carbons (Fsp3) is 0.364. The summed E-state index contributed by atoms with van der Waals surface area (Å²) >= 11 is 0. The number of methoxy groups -OCH3 is 2. The third kappa shape index (κ3) is 5.56. The van der Waals surface area contributed by atoms with E-state index in [0.717, 1.165) is 12.8 Å². The highest BCUT2D eigenvalue weighted by atomic mass is 16.6. The lowest BCUT2D eigenvalue weighted by Crippen LogP contribution is -2.43. The first-order valence-electron chi connectivity index (χ1n) is 9.88. The second-order valence-corrected chi connectivity index (χ2v) is 6.99. The van der Waals surface area contributed by atoms with Gasteiger partial charge >= 0.3 is 12.1 Å². The highest BCUT2D eigenvalue weighted by Crippen LogP contribution is 2.34. The van der Waals surface area contributed by atoms with Crippen molar-refractivity contribution in [3.8, 4) is 17.2 Å². The zero-order valence-electron chi connectivity index (χ0n) is 17.2. The predicted octanol–water partition coefficient (Wildman–Crippen LogP) is 3.74.